The van der Waals surface area contributed by atoms with Gasteiger partial charge in [0.1, 0.15) is 0 Å². The Bertz CT molecular complexity index is 227. The van der Waals surface area contributed by atoms with Gasteiger partial charge in [-0.05, 0) is 19.3 Å². The molecule has 16 heavy (non-hydrogen) atoms. The minimum Gasteiger partial charge on any atom is -0.319 e. The maximum absolute atomic E-state index is 12.8. The number of rotatable bonds is 2. The molecule has 0 radical (unpaired) electrons. The van der Waals surface area contributed by atoms with Crippen LogP contribution in [0.15, 0.2) is 0 Å². The van der Waals surface area contributed by atoms with Crippen molar-refractivity contribution in [3.63, 3.8) is 0 Å². The van der Waals surface area contributed by atoms with Gasteiger partial charge in [-0.2, -0.15) is 0 Å². The van der Waals surface area contributed by atoms with Crippen molar-refractivity contribution < 1.29 is 8.78 Å². The van der Waals surface area contributed by atoms with Gasteiger partial charge >= 0.3 is 0 Å². The largest absolute Gasteiger partial charge is 0.319 e. The first-order valence-electron chi connectivity index (χ1n) is 6.43. The number of halogens is 2. The Morgan fingerprint density at radius 2 is 1.75 bits per heavy atom. The molecule has 0 spiro atoms. The summed E-state index contributed by atoms with van der Waals surface area (Å²) in [5, 5.41) is 0. The minimum absolute atomic E-state index is 0.384. The third kappa shape index (κ3) is 2.54. The zero-order valence-corrected chi connectivity index (χ0v) is 9.80. The zero-order chi connectivity index (χ0) is 11.6. The molecule has 0 aromatic heterocycles. The van der Waals surface area contributed by atoms with Crippen molar-refractivity contribution in [2.45, 2.75) is 63.0 Å². The van der Waals surface area contributed by atoms with Gasteiger partial charge in [-0.1, -0.05) is 25.7 Å². The molecule has 2 nitrogen and oxygen atoms in total. The van der Waals surface area contributed by atoms with Gasteiger partial charge in [-0.15, -0.1) is 0 Å². The van der Waals surface area contributed by atoms with Gasteiger partial charge in [0.15, 0.2) is 0 Å². The van der Waals surface area contributed by atoms with Crippen LogP contribution in [0.4, 0.5) is 8.78 Å². The predicted octanol–water partition coefficient (Wildman–Crippen LogP) is 2.38. The SMILES string of the molecule is NC1(C(F)F)CCN(C2CCCCCC2)C1. The Morgan fingerprint density at radius 1 is 1.12 bits per heavy atom. The first kappa shape index (κ1) is 12.2. The lowest BCUT2D eigenvalue weighted by molar-refractivity contribution is 0.0539. The predicted molar refractivity (Wildman–Crippen MR) is 60.6 cm³/mol. The van der Waals surface area contributed by atoms with Crippen LogP contribution in [0.3, 0.4) is 0 Å². The number of likely N-dealkylation sites (tertiary alicyclic amines) is 1. The Kier molecular flexibility index (Phi) is 3.80. The van der Waals surface area contributed by atoms with Crippen molar-refractivity contribution in [3.8, 4) is 0 Å². The van der Waals surface area contributed by atoms with E-state index in [1.54, 1.807) is 0 Å². The fourth-order valence-electron chi connectivity index (χ4n) is 3.00. The topological polar surface area (TPSA) is 29.3 Å². The number of nitrogens with zero attached hydrogens (tertiary/aromatic N) is 1. The van der Waals surface area contributed by atoms with Crippen molar-refractivity contribution in [2.24, 2.45) is 5.73 Å². The van der Waals surface area contributed by atoms with Crippen LogP contribution >= 0.6 is 0 Å². The highest BCUT2D eigenvalue weighted by atomic mass is 19.3. The molecule has 2 rings (SSSR count). The number of alkyl halides is 2. The lowest BCUT2D eigenvalue weighted by atomic mass is 10.0. The minimum atomic E-state index is -2.39. The summed E-state index contributed by atoms with van der Waals surface area (Å²) in [6.07, 6.45) is 5.48. The lowest BCUT2D eigenvalue weighted by Gasteiger charge is -2.29. The molecular weight excluding hydrogens is 210 g/mol. The molecule has 1 heterocycles. The molecule has 0 aromatic rings. The molecule has 1 aliphatic heterocycles. The number of nitrogens with two attached hydrogens (primary N) is 1. The van der Waals surface area contributed by atoms with Gasteiger partial charge in [-0.3, -0.25) is 4.90 Å². The maximum Gasteiger partial charge on any atom is 0.257 e. The molecule has 2 N–H and O–H groups in total. The highest BCUT2D eigenvalue weighted by molar-refractivity contribution is 4.98. The average Bonchev–Trinajstić information content (AvgIpc) is 2.51. The van der Waals surface area contributed by atoms with Crippen LogP contribution in [0.2, 0.25) is 0 Å². The van der Waals surface area contributed by atoms with Gasteiger partial charge in [0.05, 0.1) is 5.54 Å². The van der Waals surface area contributed by atoms with E-state index in [0.29, 0.717) is 19.0 Å². The third-order valence-electron chi connectivity index (χ3n) is 4.14. The molecule has 1 unspecified atom stereocenters. The van der Waals surface area contributed by atoms with E-state index in [1.165, 1.54) is 38.5 Å². The summed E-state index contributed by atoms with van der Waals surface area (Å²) in [6.45, 7) is 1.14. The van der Waals surface area contributed by atoms with E-state index >= 15 is 0 Å². The van der Waals surface area contributed by atoms with Gasteiger partial charge in [0.25, 0.3) is 6.43 Å². The van der Waals surface area contributed by atoms with E-state index in [-0.39, 0.29) is 0 Å². The number of hydrogen-bond acceptors (Lipinski definition) is 2. The molecule has 0 bridgehead atoms. The second kappa shape index (κ2) is 4.96. The standard InChI is InChI=1S/C12H22F2N2/c13-11(14)12(15)7-8-16(9-12)10-5-3-1-2-4-6-10/h10-11H,1-9,15H2. The Hall–Kier alpha value is -0.220. The lowest BCUT2D eigenvalue weighted by Crippen LogP contribution is -2.50. The van der Waals surface area contributed by atoms with Gasteiger partial charge in [0.2, 0.25) is 0 Å². The molecule has 1 saturated carbocycles. The van der Waals surface area contributed by atoms with Crippen molar-refractivity contribution >= 4 is 0 Å². The molecular formula is C12H22F2N2. The van der Waals surface area contributed by atoms with E-state index in [4.69, 9.17) is 5.73 Å². The summed E-state index contributed by atoms with van der Waals surface area (Å²) in [6, 6.07) is 0.506. The smallest absolute Gasteiger partial charge is 0.257 e. The van der Waals surface area contributed by atoms with Crippen LogP contribution in [-0.4, -0.2) is 36.0 Å². The average molecular weight is 232 g/mol. The first-order valence-corrected chi connectivity index (χ1v) is 6.43. The van der Waals surface area contributed by atoms with Crippen LogP contribution in [-0.2, 0) is 0 Å². The monoisotopic (exact) mass is 232 g/mol. The summed E-state index contributed by atoms with van der Waals surface area (Å²) >= 11 is 0. The second-order valence-corrected chi connectivity index (χ2v) is 5.40. The molecule has 0 aromatic carbocycles. The highest BCUT2D eigenvalue weighted by Crippen LogP contribution is 2.30. The van der Waals surface area contributed by atoms with E-state index in [1.807, 2.05) is 0 Å². The van der Waals surface area contributed by atoms with Crippen LogP contribution in [0, 0.1) is 0 Å². The Balaban J connectivity index is 1.91. The molecule has 2 fully saturated rings. The molecule has 94 valence electrons. The maximum atomic E-state index is 12.8. The zero-order valence-electron chi connectivity index (χ0n) is 9.80. The van der Waals surface area contributed by atoms with Gasteiger partial charge in [0, 0.05) is 19.1 Å². The summed E-state index contributed by atoms with van der Waals surface area (Å²) in [4.78, 5) is 2.21. The highest BCUT2D eigenvalue weighted by Gasteiger charge is 2.43. The van der Waals surface area contributed by atoms with E-state index in [0.717, 1.165) is 6.54 Å². The van der Waals surface area contributed by atoms with Crippen LogP contribution < -0.4 is 5.73 Å². The third-order valence-corrected chi connectivity index (χ3v) is 4.14. The summed E-state index contributed by atoms with van der Waals surface area (Å²) in [5.74, 6) is 0. The van der Waals surface area contributed by atoms with E-state index < -0.39 is 12.0 Å². The van der Waals surface area contributed by atoms with E-state index in [9.17, 15) is 8.78 Å². The fourth-order valence-corrected chi connectivity index (χ4v) is 3.00. The Morgan fingerprint density at radius 3 is 2.25 bits per heavy atom. The summed E-state index contributed by atoms with van der Waals surface area (Å²) < 4.78 is 25.6. The summed E-state index contributed by atoms with van der Waals surface area (Å²) in [5.41, 5.74) is 4.50. The van der Waals surface area contributed by atoms with Crippen molar-refractivity contribution in [1.82, 2.24) is 4.90 Å². The van der Waals surface area contributed by atoms with E-state index in [2.05, 4.69) is 4.90 Å². The molecule has 1 saturated heterocycles. The summed E-state index contributed by atoms with van der Waals surface area (Å²) in [7, 11) is 0. The van der Waals surface area contributed by atoms with Crippen LogP contribution in [0.5, 0.6) is 0 Å². The second-order valence-electron chi connectivity index (χ2n) is 5.40. The first-order chi connectivity index (χ1) is 7.62. The number of hydrogen-bond donors (Lipinski definition) is 1. The quantitative estimate of drug-likeness (QED) is 0.741. The van der Waals surface area contributed by atoms with Crippen molar-refractivity contribution in [2.75, 3.05) is 13.1 Å². The van der Waals surface area contributed by atoms with Gasteiger partial charge < -0.3 is 5.73 Å². The van der Waals surface area contributed by atoms with Crippen molar-refractivity contribution in [1.29, 1.82) is 0 Å². The van der Waals surface area contributed by atoms with Crippen LogP contribution in [0.25, 0.3) is 0 Å². The molecule has 1 aliphatic carbocycles. The fraction of sp³-hybridized carbons (Fsp3) is 1.00. The molecule has 4 heteroatoms. The van der Waals surface area contributed by atoms with Crippen molar-refractivity contribution in [3.05, 3.63) is 0 Å². The van der Waals surface area contributed by atoms with Crippen LogP contribution in [0.1, 0.15) is 44.9 Å². The molecule has 1 atom stereocenters. The molecule has 2 aliphatic rings. The Labute approximate surface area is 96.2 Å². The molecule has 0 amide bonds. The normalized spacial score (nSPS) is 34.5. The van der Waals surface area contributed by atoms with Gasteiger partial charge in [-0.25, -0.2) is 8.78 Å².